The van der Waals surface area contributed by atoms with E-state index in [0.717, 1.165) is 81.5 Å². The average molecular weight is 408 g/mol. The number of likely N-dealkylation sites (tertiary alicyclic amines) is 1. The van der Waals surface area contributed by atoms with Gasteiger partial charge in [0.05, 0.1) is 5.69 Å². The molecule has 0 bridgehead atoms. The minimum Gasteiger partial charge on any atom is -0.480 e. The number of rotatable bonds is 3. The van der Waals surface area contributed by atoms with Crippen molar-refractivity contribution in [1.29, 1.82) is 0 Å². The molecule has 1 atom stereocenters. The summed E-state index contributed by atoms with van der Waals surface area (Å²) in [6.45, 7) is 2.11. The van der Waals surface area contributed by atoms with Gasteiger partial charge in [-0.3, -0.25) is 9.59 Å². The van der Waals surface area contributed by atoms with Crippen molar-refractivity contribution < 1.29 is 9.53 Å². The van der Waals surface area contributed by atoms with Crippen molar-refractivity contribution in [1.82, 2.24) is 14.7 Å². The number of aromatic nitrogens is 2. The number of amides is 1. The van der Waals surface area contributed by atoms with Crippen molar-refractivity contribution in [3.05, 3.63) is 57.5 Å². The number of aryl methyl sites for hydroxylation is 3. The van der Waals surface area contributed by atoms with Crippen LogP contribution in [0.25, 0.3) is 0 Å². The van der Waals surface area contributed by atoms with Crippen molar-refractivity contribution in [2.24, 2.45) is 5.92 Å². The van der Waals surface area contributed by atoms with Crippen LogP contribution < -0.4 is 10.3 Å². The van der Waals surface area contributed by atoms with Crippen molar-refractivity contribution in [2.75, 3.05) is 13.1 Å². The minimum absolute atomic E-state index is 0.0171. The van der Waals surface area contributed by atoms with E-state index < -0.39 is 0 Å². The van der Waals surface area contributed by atoms with E-state index in [2.05, 4.69) is 11.2 Å². The van der Waals surface area contributed by atoms with Gasteiger partial charge in [0.15, 0.2) is 6.10 Å². The lowest BCUT2D eigenvalue weighted by Crippen LogP contribution is -2.47. The maximum atomic E-state index is 13.0. The fraction of sp³-hybridized carbons (Fsp3) is 0.542. The Bertz CT molecular complexity index is 991. The lowest BCUT2D eigenvalue weighted by atomic mass is 9.95. The molecular weight excluding hydrogens is 378 g/mol. The van der Waals surface area contributed by atoms with E-state index in [-0.39, 0.29) is 17.6 Å². The predicted molar refractivity (Wildman–Crippen MR) is 114 cm³/mol. The van der Waals surface area contributed by atoms with Crippen LogP contribution >= 0.6 is 0 Å². The van der Waals surface area contributed by atoms with Crippen LogP contribution in [0.1, 0.15) is 48.9 Å². The van der Waals surface area contributed by atoms with Crippen LogP contribution in [0.5, 0.6) is 5.75 Å². The van der Waals surface area contributed by atoms with Crippen LogP contribution in [-0.2, 0) is 30.6 Å². The number of benzene rings is 1. The van der Waals surface area contributed by atoms with Crippen LogP contribution in [0.2, 0.25) is 0 Å². The molecule has 0 radical (unpaired) electrons. The summed E-state index contributed by atoms with van der Waals surface area (Å²) in [7, 11) is 0. The zero-order valence-electron chi connectivity index (χ0n) is 17.4. The van der Waals surface area contributed by atoms with Gasteiger partial charge >= 0.3 is 0 Å². The third-order valence-corrected chi connectivity index (χ3v) is 6.82. The van der Waals surface area contributed by atoms with E-state index in [1.807, 2.05) is 23.1 Å². The molecular formula is C24H29N3O3. The molecule has 1 fully saturated rings. The standard InChI is InChI=1S/C24H29N3O3/c28-23-15-19-6-1-3-7-20(19)25-27(23)16-17-11-13-26(14-12-17)24(29)22-10-9-18-5-2-4-8-21(18)30-22/h2,4-5,8,15,17,22H,1,3,6-7,9-14,16H2. The molecule has 5 rings (SSSR count). The second-order valence-electron chi connectivity index (χ2n) is 8.87. The number of carbonyl (C=O) groups excluding carboxylic acids is 1. The molecule has 6 nitrogen and oxygen atoms in total. The van der Waals surface area contributed by atoms with Crippen LogP contribution in [0.15, 0.2) is 35.1 Å². The van der Waals surface area contributed by atoms with Gasteiger partial charge in [-0.1, -0.05) is 18.2 Å². The van der Waals surface area contributed by atoms with Crippen molar-refractivity contribution in [2.45, 2.75) is 64.0 Å². The molecule has 0 N–H and O–H groups in total. The summed E-state index contributed by atoms with van der Waals surface area (Å²) >= 11 is 0. The first-order valence-corrected chi connectivity index (χ1v) is 11.3. The van der Waals surface area contributed by atoms with E-state index >= 15 is 0 Å². The van der Waals surface area contributed by atoms with Gasteiger partial charge in [0.25, 0.3) is 11.5 Å². The molecule has 0 saturated carbocycles. The Hall–Kier alpha value is -2.63. The molecule has 0 spiro atoms. The first-order valence-electron chi connectivity index (χ1n) is 11.3. The maximum absolute atomic E-state index is 13.0. The fourth-order valence-corrected chi connectivity index (χ4v) is 5.01. The zero-order valence-corrected chi connectivity index (χ0v) is 17.4. The lowest BCUT2D eigenvalue weighted by molar-refractivity contribution is -0.141. The molecule has 3 heterocycles. The number of hydrogen-bond acceptors (Lipinski definition) is 4. The summed E-state index contributed by atoms with van der Waals surface area (Å²) in [6, 6.07) is 9.77. The van der Waals surface area contributed by atoms with E-state index in [9.17, 15) is 9.59 Å². The molecule has 2 aromatic rings. The van der Waals surface area contributed by atoms with Crippen LogP contribution in [-0.4, -0.2) is 39.8 Å². The quantitative estimate of drug-likeness (QED) is 0.785. The van der Waals surface area contributed by atoms with Gasteiger partial charge in [0.1, 0.15) is 5.75 Å². The average Bonchev–Trinajstić information content (AvgIpc) is 2.79. The summed E-state index contributed by atoms with van der Waals surface area (Å²) in [4.78, 5) is 27.4. The smallest absolute Gasteiger partial charge is 0.267 e. The van der Waals surface area contributed by atoms with Crippen LogP contribution in [0.3, 0.4) is 0 Å². The number of ether oxygens (including phenoxy) is 1. The highest BCUT2D eigenvalue weighted by Crippen LogP contribution is 2.29. The van der Waals surface area contributed by atoms with E-state index in [1.54, 1.807) is 10.7 Å². The summed E-state index contributed by atoms with van der Waals surface area (Å²) < 4.78 is 7.65. The summed E-state index contributed by atoms with van der Waals surface area (Å²) in [6.07, 6.45) is 7.33. The Morgan fingerprint density at radius 3 is 2.70 bits per heavy atom. The Morgan fingerprint density at radius 2 is 1.83 bits per heavy atom. The van der Waals surface area contributed by atoms with Crippen molar-refractivity contribution in [3.8, 4) is 5.75 Å². The molecule has 1 saturated heterocycles. The first-order chi connectivity index (χ1) is 14.7. The predicted octanol–water partition coefficient (Wildman–Crippen LogP) is 2.75. The van der Waals surface area contributed by atoms with Gasteiger partial charge in [-0.2, -0.15) is 5.10 Å². The minimum atomic E-state index is -0.374. The highest BCUT2D eigenvalue weighted by Gasteiger charge is 2.32. The first kappa shape index (κ1) is 19.3. The molecule has 158 valence electrons. The molecule has 1 aromatic carbocycles. The molecule has 1 amide bonds. The highest BCUT2D eigenvalue weighted by molar-refractivity contribution is 5.81. The van der Waals surface area contributed by atoms with E-state index in [0.29, 0.717) is 12.5 Å². The van der Waals surface area contributed by atoms with E-state index in [1.165, 1.54) is 5.56 Å². The third kappa shape index (κ3) is 3.87. The van der Waals surface area contributed by atoms with E-state index in [4.69, 9.17) is 4.74 Å². The largest absolute Gasteiger partial charge is 0.480 e. The third-order valence-electron chi connectivity index (χ3n) is 6.82. The molecule has 6 heteroatoms. The molecule has 3 aliphatic rings. The Kier molecular flexibility index (Phi) is 5.32. The second-order valence-corrected chi connectivity index (χ2v) is 8.87. The second kappa shape index (κ2) is 8.25. The Morgan fingerprint density at radius 1 is 1.03 bits per heavy atom. The zero-order chi connectivity index (χ0) is 20.5. The molecule has 30 heavy (non-hydrogen) atoms. The SMILES string of the molecule is O=C(C1CCc2ccccc2O1)N1CCC(Cn2nc3c(cc2=O)CCCC3)CC1. The normalized spacial score (nSPS) is 21.5. The number of nitrogens with zero attached hydrogens (tertiary/aromatic N) is 3. The number of piperidine rings is 1. The maximum Gasteiger partial charge on any atom is 0.267 e. The van der Waals surface area contributed by atoms with Gasteiger partial charge in [-0.15, -0.1) is 0 Å². The molecule has 2 aliphatic heterocycles. The van der Waals surface area contributed by atoms with Gasteiger partial charge in [0, 0.05) is 25.7 Å². The number of carbonyl (C=O) groups is 1. The summed E-state index contributed by atoms with van der Waals surface area (Å²) in [5.41, 5.74) is 3.44. The Balaban J connectivity index is 1.18. The number of hydrogen-bond donors (Lipinski definition) is 0. The Labute approximate surface area is 176 Å². The molecule has 1 aromatic heterocycles. The van der Waals surface area contributed by atoms with Crippen LogP contribution in [0.4, 0.5) is 0 Å². The van der Waals surface area contributed by atoms with Gasteiger partial charge in [-0.25, -0.2) is 4.68 Å². The summed E-state index contributed by atoms with van der Waals surface area (Å²) in [5, 5.41) is 4.66. The fourth-order valence-electron chi connectivity index (χ4n) is 5.01. The van der Waals surface area contributed by atoms with Crippen molar-refractivity contribution >= 4 is 5.91 Å². The summed E-state index contributed by atoms with van der Waals surface area (Å²) in [5.74, 6) is 1.33. The monoisotopic (exact) mass is 407 g/mol. The van der Waals surface area contributed by atoms with Crippen molar-refractivity contribution in [3.63, 3.8) is 0 Å². The molecule has 1 aliphatic carbocycles. The number of fused-ring (bicyclic) bond motifs is 2. The van der Waals surface area contributed by atoms with Gasteiger partial charge in [0.2, 0.25) is 0 Å². The topological polar surface area (TPSA) is 64.4 Å². The molecule has 1 unspecified atom stereocenters. The highest BCUT2D eigenvalue weighted by atomic mass is 16.5. The van der Waals surface area contributed by atoms with Crippen LogP contribution in [0, 0.1) is 5.92 Å². The van der Waals surface area contributed by atoms with Gasteiger partial charge in [-0.05, 0) is 74.5 Å². The van der Waals surface area contributed by atoms with Gasteiger partial charge < -0.3 is 9.64 Å². The lowest BCUT2D eigenvalue weighted by Gasteiger charge is -2.35. The number of para-hydroxylation sites is 1.